The fourth-order valence-corrected chi connectivity index (χ4v) is 4.24. The van der Waals surface area contributed by atoms with E-state index in [2.05, 4.69) is 0 Å². The van der Waals surface area contributed by atoms with Crippen LogP contribution in [0.25, 0.3) is 0 Å². The molecule has 1 aliphatic heterocycles. The van der Waals surface area contributed by atoms with Crippen LogP contribution in [0, 0.1) is 0 Å². The van der Waals surface area contributed by atoms with E-state index in [-0.39, 0.29) is 11.9 Å². The number of rotatable bonds is 4. The maximum absolute atomic E-state index is 13.1. The summed E-state index contributed by atoms with van der Waals surface area (Å²) >= 11 is 7.86. The van der Waals surface area contributed by atoms with E-state index in [1.165, 1.54) is 0 Å². The number of furan rings is 1. The maximum atomic E-state index is 13.1. The lowest BCUT2D eigenvalue weighted by Gasteiger charge is -2.30. The van der Waals surface area contributed by atoms with Crippen LogP contribution in [-0.4, -0.2) is 12.5 Å². The smallest absolute Gasteiger partial charge is 0.286 e. The van der Waals surface area contributed by atoms with Crippen molar-refractivity contribution in [3.05, 3.63) is 71.6 Å². The van der Waals surface area contributed by atoms with Crippen molar-refractivity contribution in [3.63, 3.8) is 0 Å². The van der Waals surface area contributed by atoms with Crippen LogP contribution in [0.4, 0.5) is 11.4 Å². The van der Waals surface area contributed by atoms with Crippen molar-refractivity contribution in [3.8, 4) is 0 Å². The lowest BCUT2D eigenvalue weighted by atomic mass is 10.2. The Morgan fingerprint density at radius 2 is 1.96 bits per heavy atom. The van der Waals surface area contributed by atoms with Crippen molar-refractivity contribution in [2.24, 2.45) is 0 Å². The van der Waals surface area contributed by atoms with Crippen molar-refractivity contribution >= 4 is 40.6 Å². The van der Waals surface area contributed by atoms with Gasteiger partial charge in [0.15, 0.2) is 12.3 Å². The minimum atomic E-state index is 0.0136. The van der Waals surface area contributed by atoms with E-state index < -0.39 is 0 Å². The summed E-state index contributed by atoms with van der Waals surface area (Å²) in [6.45, 7) is 2.34. The highest BCUT2D eigenvalue weighted by Gasteiger charge is 2.29. The average molecular weight is 386 g/mol. The molecule has 3 aromatic rings. The number of fused-ring (bicyclic) bond motifs is 2. The second-order valence-electron chi connectivity index (χ2n) is 6.15. The number of nitrogens with zero attached hydrogens (tertiary/aromatic N) is 1. The summed E-state index contributed by atoms with van der Waals surface area (Å²) in [7, 11) is 0. The van der Waals surface area contributed by atoms with Crippen LogP contribution in [0.2, 0.25) is 5.02 Å². The molecule has 1 aromatic heterocycles. The Kier molecular flexibility index (Phi) is 4.76. The van der Waals surface area contributed by atoms with Gasteiger partial charge in [-0.05, 0) is 49.4 Å². The first kappa shape index (κ1) is 17.2. The Bertz CT molecular complexity index is 943. The summed E-state index contributed by atoms with van der Waals surface area (Å²) in [6, 6.07) is 17.5. The van der Waals surface area contributed by atoms with Crippen LogP contribution < -0.4 is 10.2 Å². The summed E-state index contributed by atoms with van der Waals surface area (Å²) in [5.41, 5.74) is 1.74. The van der Waals surface area contributed by atoms with Crippen molar-refractivity contribution in [2.45, 2.75) is 22.8 Å². The van der Waals surface area contributed by atoms with E-state index in [9.17, 15) is 4.79 Å². The minimum absolute atomic E-state index is 0.0136. The normalized spacial score (nSPS) is 13.8. The molecule has 2 aromatic carbocycles. The molecule has 2 heterocycles. The first-order valence-corrected chi connectivity index (χ1v) is 9.59. The van der Waals surface area contributed by atoms with Crippen LogP contribution in [-0.2, 0) is 4.79 Å². The second kappa shape index (κ2) is 7.19. The SMILES string of the molecule is C[C@H]([NH2+]CC(=O)N1c2ccccc2Sc2ccc(Cl)cc21)c1ccco1. The zero-order valence-corrected chi connectivity index (χ0v) is 15.8. The highest BCUT2D eigenvalue weighted by Crippen LogP contribution is 2.48. The molecule has 4 nitrogen and oxygen atoms in total. The summed E-state index contributed by atoms with van der Waals surface area (Å²) < 4.78 is 5.42. The van der Waals surface area contributed by atoms with Gasteiger partial charge in [0, 0.05) is 14.8 Å². The van der Waals surface area contributed by atoms with Gasteiger partial charge in [-0.15, -0.1) is 0 Å². The van der Waals surface area contributed by atoms with Gasteiger partial charge in [0.05, 0.1) is 17.6 Å². The molecule has 2 N–H and O–H groups in total. The average Bonchev–Trinajstić information content (AvgIpc) is 3.19. The van der Waals surface area contributed by atoms with Crippen molar-refractivity contribution in [2.75, 3.05) is 11.4 Å². The summed E-state index contributed by atoms with van der Waals surface area (Å²) in [6.07, 6.45) is 1.65. The Morgan fingerprint density at radius 3 is 2.77 bits per heavy atom. The molecule has 0 radical (unpaired) electrons. The van der Waals surface area contributed by atoms with Crippen molar-refractivity contribution < 1.29 is 14.5 Å². The molecule has 0 aliphatic carbocycles. The number of nitrogens with two attached hydrogens (primary N) is 1. The summed E-state index contributed by atoms with van der Waals surface area (Å²) in [5.74, 6) is 0.871. The second-order valence-corrected chi connectivity index (χ2v) is 7.68. The highest BCUT2D eigenvalue weighted by molar-refractivity contribution is 7.99. The van der Waals surface area contributed by atoms with Gasteiger partial charge in [0.1, 0.15) is 6.04 Å². The number of hydrogen-bond donors (Lipinski definition) is 1. The van der Waals surface area contributed by atoms with Crippen molar-refractivity contribution in [1.29, 1.82) is 0 Å². The Morgan fingerprint density at radius 1 is 1.15 bits per heavy atom. The number of halogens is 1. The molecular formula is C20H18ClN2O2S+. The summed E-state index contributed by atoms with van der Waals surface area (Å²) in [5, 5.41) is 2.60. The molecule has 0 saturated carbocycles. The van der Waals surface area contributed by atoms with Gasteiger partial charge in [-0.1, -0.05) is 35.5 Å². The molecular weight excluding hydrogens is 368 g/mol. The first-order chi connectivity index (χ1) is 12.6. The molecule has 0 fully saturated rings. The number of para-hydroxylation sites is 1. The third kappa shape index (κ3) is 3.26. The molecule has 4 rings (SSSR count). The van der Waals surface area contributed by atoms with Crippen LogP contribution in [0.1, 0.15) is 18.7 Å². The van der Waals surface area contributed by atoms with Crippen LogP contribution in [0.15, 0.2) is 75.1 Å². The Balaban J connectivity index is 1.62. The number of hydrogen-bond acceptors (Lipinski definition) is 3. The Labute approximate surface area is 161 Å². The molecule has 1 aliphatic rings. The van der Waals surface area contributed by atoms with E-state index in [0.29, 0.717) is 11.6 Å². The van der Waals surface area contributed by atoms with E-state index in [0.717, 1.165) is 26.9 Å². The van der Waals surface area contributed by atoms with Crippen LogP contribution in [0.3, 0.4) is 0 Å². The predicted octanol–water partition coefficient (Wildman–Crippen LogP) is 4.39. The minimum Gasteiger partial charge on any atom is -0.463 e. The first-order valence-electron chi connectivity index (χ1n) is 8.39. The van der Waals surface area contributed by atoms with Crippen molar-refractivity contribution in [1.82, 2.24) is 0 Å². The monoisotopic (exact) mass is 385 g/mol. The van der Waals surface area contributed by atoms with Gasteiger partial charge in [-0.3, -0.25) is 9.69 Å². The summed E-state index contributed by atoms with van der Waals surface area (Å²) in [4.78, 5) is 17.0. The van der Waals surface area contributed by atoms with Gasteiger partial charge in [0.25, 0.3) is 5.91 Å². The van der Waals surface area contributed by atoms with Crippen LogP contribution >= 0.6 is 23.4 Å². The van der Waals surface area contributed by atoms with E-state index in [1.54, 1.807) is 22.9 Å². The molecule has 0 unspecified atom stereocenters. The van der Waals surface area contributed by atoms with E-state index in [4.69, 9.17) is 16.0 Å². The number of carbonyl (C=O) groups is 1. The molecule has 0 saturated heterocycles. The van der Waals surface area contributed by atoms with Gasteiger partial charge < -0.3 is 9.73 Å². The van der Waals surface area contributed by atoms with Gasteiger partial charge in [0.2, 0.25) is 0 Å². The standard InChI is InChI=1S/C20H17ClN2O2S/c1-13(17-6-4-10-25-17)22-12-20(24)23-15-5-2-3-7-18(15)26-19-9-8-14(21)11-16(19)23/h2-11,13,22H,12H2,1H3/p+1/t13-/m0/s1. The van der Waals surface area contributed by atoms with Crippen LogP contribution in [0.5, 0.6) is 0 Å². The predicted molar refractivity (Wildman–Crippen MR) is 103 cm³/mol. The third-order valence-electron chi connectivity index (χ3n) is 4.38. The number of amides is 1. The maximum Gasteiger partial charge on any atom is 0.286 e. The van der Waals surface area contributed by atoms with Gasteiger partial charge >= 0.3 is 0 Å². The lowest BCUT2D eigenvalue weighted by molar-refractivity contribution is -0.684. The number of quaternary nitrogens is 1. The van der Waals surface area contributed by atoms with Gasteiger partial charge in [-0.2, -0.15) is 0 Å². The molecule has 0 bridgehead atoms. The Hall–Kier alpha value is -2.21. The fraction of sp³-hybridized carbons (Fsp3) is 0.150. The number of benzene rings is 2. The molecule has 132 valence electrons. The third-order valence-corrected chi connectivity index (χ3v) is 5.74. The molecule has 6 heteroatoms. The molecule has 26 heavy (non-hydrogen) atoms. The number of carbonyl (C=O) groups excluding carboxylic acids is 1. The fourth-order valence-electron chi connectivity index (χ4n) is 3.03. The molecule has 1 amide bonds. The highest BCUT2D eigenvalue weighted by atomic mass is 35.5. The molecule has 0 spiro atoms. The van der Waals surface area contributed by atoms with Gasteiger partial charge in [-0.25, -0.2) is 0 Å². The van der Waals surface area contributed by atoms with E-state index in [1.807, 2.05) is 66.8 Å². The topological polar surface area (TPSA) is 50.1 Å². The quantitative estimate of drug-likeness (QED) is 0.724. The zero-order chi connectivity index (χ0) is 18.1. The number of anilines is 2. The van der Waals surface area contributed by atoms with E-state index >= 15 is 0 Å². The molecule has 1 atom stereocenters. The lowest BCUT2D eigenvalue weighted by Crippen LogP contribution is -2.87. The largest absolute Gasteiger partial charge is 0.463 e. The zero-order valence-electron chi connectivity index (χ0n) is 14.2.